The lowest BCUT2D eigenvalue weighted by Crippen LogP contribution is -1.93. The molecule has 10 heavy (non-hydrogen) atoms. The summed E-state index contributed by atoms with van der Waals surface area (Å²) in [7, 11) is 0. The highest BCUT2D eigenvalue weighted by Gasteiger charge is 2.21. The zero-order valence-corrected chi connectivity index (χ0v) is 7.42. The number of halogens is 1. The van der Waals surface area contributed by atoms with E-state index in [1.807, 2.05) is 22.6 Å². The molecule has 56 valence electrons. The molecule has 3 nitrogen and oxygen atoms in total. The Morgan fingerprint density at radius 2 is 2.40 bits per heavy atom. The van der Waals surface area contributed by atoms with Crippen LogP contribution in [0.5, 0.6) is 0 Å². The van der Waals surface area contributed by atoms with Gasteiger partial charge in [0.1, 0.15) is 10.2 Å². The van der Waals surface area contributed by atoms with Gasteiger partial charge in [-0.3, -0.25) is 0 Å². The van der Waals surface area contributed by atoms with E-state index in [2.05, 4.69) is 0 Å². The minimum Gasteiger partial charge on any atom is -0.457 e. The van der Waals surface area contributed by atoms with Crippen molar-refractivity contribution in [2.75, 3.05) is 13.2 Å². The first kappa shape index (κ1) is 8.00. The predicted molar refractivity (Wildman–Crippen MR) is 43.7 cm³/mol. The van der Waals surface area contributed by atoms with Crippen molar-refractivity contribution in [3.05, 3.63) is 9.15 Å². The van der Waals surface area contributed by atoms with Gasteiger partial charge < -0.3 is 9.84 Å². The number of ether oxygens (including phenoxy) is 1. The second-order valence-electron chi connectivity index (χ2n) is 1.97. The van der Waals surface area contributed by atoms with Crippen LogP contribution in [-0.4, -0.2) is 24.3 Å². The van der Waals surface area contributed by atoms with Gasteiger partial charge >= 0.3 is 5.97 Å². The molecule has 0 aromatic heterocycles. The van der Waals surface area contributed by atoms with Crippen molar-refractivity contribution in [1.29, 1.82) is 0 Å². The number of esters is 1. The van der Waals surface area contributed by atoms with Gasteiger partial charge in [0.05, 0.1) is 0 Å². The van der Waals surface area contributed by atoms with Crippen LogP contribution in [0.3, 0.4) is 0 Å². The number of aliphatic hydroxyl groups is 1. The Labute approximate surface area is 72.2 Å². The van der Waals surface area contributed by atoms with Crippen LogP contribution in [0.25, 0.3) is 0 Å². The summed E-state index contributed by atoms with van der Waals surface area (Å²) in [5.74, 6) is -0.260. The van der Waals surface area contributed by atoms with E-state index in [1.165, 1.54) is 0 Å². The molecule has 0 saturated carbocycles. The SMILES string of the molecule is O=C1OCC(CCO)=C1I. The van der Waals surface area contributed by atoms with E-state index >= 15 is 0 Å². The summed E-state index contributed by atoms with van der Waals surface area (Å²) in [5.41, 5.74) is 0.910. The number of carbonyl (C=O) groups is 1. The summed E-state index contributed by atoms with van der Waals surface area (Å²) in [6, 6.07) is 0. The van der Waals surface area contributed by atoms with Gasteiger partial charge in [-0.1, -0.05) is 0 Å². The summed E-state index contributed by atoms with van der Waals surface area (Å²) in [4.78, 5) is 10.7. The summed E-state index contributed by atoms with van der Waals surface area (Å²) >= 11 is 1.94. The molecule has 4 heteroatoms. The Kier molecular flexibility index (Phi) is 2.67. The molecule has 1 N–H and O–H groups in total. The minimum absolute atomic E-state index is 0.0818. The minimum atomic E-state index is -0.260. The van der Waals surface area contributed by atoms with E-state index in [-0.39, 0.29) is 12.6 Å². The third kappa shape index (κ3) is 1.49. The number of hydrogen-bond donors (Lipinski definition) is 1. The number of rotatable bonds is 2. The maximum atomic E-state index is 10.7. The molecular formula is C6H7IO3. The lowest BCUT2D eigenvalue weighted by molar-refractivity contribution is -0.135. The van der Waals surface area contributed by atoms with Crippen molar-refractivity contribution < 1.29 is 14.6 Å². The molecule has 0 aromatic carbocycles. The van der Waals surface area contributed by atoms with Gasteiger partial charge in [-0.25, -0.2) is 4.79 Å². The Morgan fingerprint density at radius 1 is 1.70 bits per heavy atom. The van der Waals surface area contributed by atoms with Crippen LogP contribution < -0.4 is 0 Å². The van der Waals surface area contributed by atoms with Crippen LogP contribution in [0, 0.1) is 0 Å². The zero-order chi connectivity index (χ0) is 7.56. The number of aliphatic hydroxyl groups excluding tert-OH is 1. The Balaban J connectivity index is 2.65. The first-order valence-electron chi connectivity index (χ1n) is 2.91. The molecule has 0 spiro atoms. The molecule has 1 aliphatic heterocycles. The normalized spacial score (nSPS) is 18.0. The maximum Gasteiger partial charge on any atom is 0.344 e. The molecule has 0 saturated heterocycles. The van der Waals surface area contributed by atoms with E-state index < -0.39 is 0 Å². The van der Waals surface area contributed by atoms with Gasteiger partial charge in [-0.05, 0) is 34.6 Å². The highest BCUT2D eigenvalue weighted by atomic mass is 127. The van der Waals surface area contributed by atoms with Crippen molar-refractivity contribution in [2.45, 2.75) is 6.42 Å². The van der Waals surface area contributed by atoms with E-state index in [1.54, 1.807) is 0 Å². The van der Waals surface area contributed by atoms with Crippen LogP contribution in [0.15, 0.2) is 9.15 Å². The van der Waals surface area contributed by atoms with Crippen LogP contribution in [0.1, 0.15) is 6.42 Å². The molecule has 1 heterocycles. The van der Waals surface area contributed by atoms with Crippen molar-refractivity contribution >= 4 is 28.6 Å². The third-order valence-electron chi connectivity index (χ3n) is 1.28. The highest BCUT2D eigenvalue weighted by Crippen LogP contribution is 2.23. The Hall–Kier alpha value is -0.100. The molecule has 1 rings (SSSR count). The zero-order valence-electron chi connectivity index (χ0n) is 5.26. The summed E-state index contributed by atoms with van der Waals surface area (Å²) < 4.78 is 5.33. The highest BCUT2D eigenvalue weighted by molar-refractivity contribution is 14.1. The monoisotopic (exact) mass is 254 g/mol. The van der Waals surface area contributed by atoms with E-state index in [0.717, 1.165) is 5.57 Å². The summed E-state index contributed by atoms with van der Waals surface area (Å²) in [6.07, 6.45) is 0.546. The largest absolute Gasteiger partial charge is 0.457 e. The van der Waals surface area contributed by atoms with Crippen LogP contribution in [0.2, 0.25) is 0 Å². The first-order valence-corrected chi connectivity index (χ1v) is 3.99. The maximum absolute atomic E-state index is 10.7. The van der Waals surface area contributed by atoms with E-state index in [9.17, 15) is 4.79 Å². The van der Waals surface area contributed by atoms with Crippen molar-refractivity contribution in [2.24, 2.45) is 0 Å². The first-order chi connectivity index (χ1) is 4.75. The smallest absolute Gasteiger partial charge is 0.344 e. The average molecular weight is 254 g/mol. The average Bonchev–Trinajstić information content (AvgIpc) is 2.20. The lowest BCUT2D eigenvalue weighted by atomic mass is 10.2. The molecule has 0 bridgehead atoms. The fourth-order valence-electron chi connectivity index (χ4n) is 0.741. The van der Waals surface area contributed by atoms with Gasteiger partial charge in [0.25, 0.3) is 0 Å². The molecule has 0 aromatic rings. The Bertz CT molecular complexity index is 185. The standard InChI is InChI=1S/C6H7IO3/c7-5-4(1-2-8)3-10-6(5)9/h8H,1-3H2. The van der Waals surface area contributed by atoms with Crippen molar-refractivity contribution in [1.82, 2.24) is 0 Å². The lowest BCUT2D eigenvalue weighted by Gasteiger charge is -1.93. The number of cyclic esters (lactones) is 1. The van der Waals surface area contributed by atoms with Crippen molar-refractivity contribution in [3.63, 3.8) is 0 Å². The van der Waals surface area contributed by atoms with E-state index in [4.69, 9.17) is 9.84 Å². The fraction of sp³-hybridized carbons (Fsp3) is 0.500. The summed E-state index contributed by atoms with van der Waals surface area (Å²) in [5, 5.41) is 8.53. The van der Waals surface area contributed by atoms with Crippen LogP contribution in [-0.2, 0) is 9.53 Å². The van der Waals surface area contributed by atoms with Crippen LogP contribution >= 0.6 is 22.6 Å². The summed E-state index contributed by atoms with van der Waals surface area (Å²) in [6.45, 7) is 0.441. The van der Waals surface area contributed by atoms with Gasteiger partial charge in [0.15, 0.2) is 0 Å². The number of carbonyl (C=O) groups excluding carboxylic acids is 1. The van der Waals surface area contributed by atoms with Gasteiger partial charge in [0.2, 0.25) is 0 Å². The molecular weight excluding hydrogens is 247 g/mol. The van der Waals surface area contributed by atoms with Crippen molar-refractivity contribution in [3.8, 4) is 0 Å². The van der Waals surface area contributed by atoms with Gasteiger partial charge in [-0.15, -0.1) is 0 Å². The van der Waals surface area contributed by atoms with Gasteiger partial charge in [0, 0.05) is 6.61 Å². The second kappa shape index (κ2) is 3.34. The van der Waals surface area contributed by atoms with E-state index in [0.29, 0.717) is 16.6 Å². The molecule has 0 atom stereocenters. The molecule has 1 aliphatic rings. The quantitative estimate of drug-likeness (QED) is 0.580. The molecule has 0 radical (unpaired) electrons. The van der Waals surface area contributed by atoms with Crippen LogP contribution in [0.4, 0.5) is 0 Å². The topological polar surface area (TPSA) is 46.5 Å². The second-order valence-corrected chi connectivity index (χ2v) is 3.05. The Morgan fingerprint density at radius 3 is 2.80 bits per heavy atom. The molecule has 0 aliphatic carbocycles. The predicted octanol–water partition coefficient (Wildman–Crippen LogP) is 0.615. The molecule has 0 fully saturated rings. The van der Waals surface area contributed by atoms with Gasteiger partial charge in [-0.2, -0.15) is 0 Å². The molecule has 0 unspecified atom stereocenters. The number of hydrogen-bond acceptors (Lipinski definition) is 3. The third-order valence-corrected chi connectivity index (χ3v) is 2.48. The fourth-order valence-corrected chi connectivity index (χ4v) is 1.32. The molecule has 0 amide bonds.